The van der Waals surface area contributed by atoms with Crippen LogP contribution in [0.25, 0.3) is 0 Å². The van der Waals surface area contributed by atoms with Gasteiger partial charge in [-0.1, -0.05) is 23.7 Å². The summed E-state index contributed by atoms with van der Waals surface area (Å²) in [5, 5.41) is 16.4. The fourth-order valence-corrected chi connectivity index (χ4v) is 3.84. The first-order valence-electron chi connectivity index (χ1n) is 11.2. The average Bonchev–Trinajstić information content (AvgIpc) is 3.37. The van der Waals surface area contributed by atoms with Crippen LogP contribution in [0.2, 0.25) is 5.02 Å². The molecule has 2 aromatic heterocycles. The van der Waals surface area contributed by atoms with E-state index in [0.717, 1.165) is 17.6 Å². The summed E-state index contributed by atoms with van der Waals surface area (Å²) in [6.07, 6.45) is -8.06. The van der Waals surface area contributed by atoms with E-state index < -0.39 is 34.8 Å². The van der Waals surface area contributed by atoms with E-state index in [4.69, 9.17) is 21.5 Å². The molecule has 3 N–H and O–H groups in total. The van der Waals surface area contributed by atoms with E-state index in [-0.39, 0.29) is 5.56 Å². The number of piperazine rings is 1. The number of pyridine rings is 1. The lowest BCUT2D eigenvalue weighted by molar-refractivity contribution is -0.192. The molecule has 16 heteroatoms. The Morgan fingerprint density at radius 1 is 1.00 bits per heavy atom. The molecule has 3 heterocycles. The zero-order valence-electron chi connectivity index (χ0n) is 19.9. The number of carbonyl (C=O) groups excluding carboxylic acids is 1. The first kappa shape index (κ1) is 29.7. The van der Waals surface area contributed by atoms with Crippen LogP contribution in [0.1, 0.15) is 21.6 Å². The van der Waals surface area contributed by atoms with Gasteiger partial charge in [0.05, 0.1) is 28.0 Å². The van der Waals surface area contributed by atoms with E-state index >= 15 is 0 Å². The van der Waals surface area contributed by atoms with Gasteiger partial charge in [0.15, 0.2) is 0 Å². The van der Waals surface area contributed by atoms with Crippen molar-refractivity contribution in [1.29, 1.82) is 0 Å². The van der Waals surface area contributed by atoms with Gasteiger partial charge in [0.1, 0.15) is 11.6 Å². The quantitative estimate of drug-likeness (QED) is 0.372. The van der Waals surface area contributed by atoms with Gasteiger partial charge in [0.25, 0.3) is 5.91 Å². The van der Waals surface area contributed by atoms with Crippen LogP contribution in [0.15, 0.2) is 48.7 Å². The molecule has 1 aromatic carbocycles. The number of H-pyrrole nitrogens is 1. The molecule has 0 aliphatic carbocycles. The Hall–Kier alpha value is -3.85. The number of hydrogen-bond acceptors (Lipinski definition) is 6. The number of anilines is 2. The van der Waals surface area contributed by atoms with E-state index in [9.17, 15) is 31.1 Å². The molecule has 39 heavy (non-hydrogen) atoms. The highest BCUT2D eigenvalue weighted by atomic mass is 35.5. The predicted molar refractivity (Wildman–Crippen MR) is 127 cm³/mol. The molecule has 4 rings (SSSR count). The van der Waals surface area contributed by atoms with Crippen molar-refractivity contribution in [3.05, 3.63) is 70.5 Å². The van der Waals surface area contributed by atoms with Crippen LogP contribution < -0.4 is 5.32 Å². The molecule has 0 unspecified atom stereocenters. The van der Waals surface area contributed by atoms with Crippen molar-refractivity contribution in [1.82, 2.24) is 25.0 Å². The molecule has 0 bridgehead atoms. The highest BCUT2D eigenvalue weighted by Gasteiger charge is 2.38. The minimum Gasteiger partial charge on any atom is -0.475 e. The molecule has 3 aromatic rings. The number of aliphatic carboxylic acids is 1. The second-order valence-corrected chi connectivity index (χ2v) is 8.52. The van der Waals surface area contributed by atoms with Crippen LogP contribution in [0.3, 0.4) is 0 Å². The zero-order valence-corrected chi connectivity index (χ0v) is 20.6. The SMILES string of the molecule is O=C(O)C(F)(F)F.O=C(c1cccc(C(F)(F)F)c1Cl)N1CCN(Cc2cccc(Nc3ccn[nH]3)n2)CC1. The maximum absolute atomic E-state index is 13.1. The zero-order chi connectivity index (χ0) is 28.8. The molecule has 1 aliphatic heterocycles. The summed E-state index contributed by atoms with van der Waals surface area (Å²) in [7, 11) is 0. The molecule has 1 amide bonds. The number of alkyl halides is 6. The second kappa shape index (κ2) is 12.3. The van der Waals surface area contributed by atoms with Crippen molar-refractivity contribution >= 4 is 35.1 Å². The number of aromatic amines is 1. The molecule has 9 nitrogen and oxygen atoms in total. The van der Waals surface area contributed by atoms with Crippen LogP contribution in [0, 0.1) is 0 Å². The summed E-state index contributed by atoms with van der Waals surface area (Å²) in [6.45, 7) is 2.50. The van der Waals surface area contributed by atoms with Gasteiger partial charge in [-0.2, -0.15) is 31.4 Å². The molecule has 0 atom stereocenters. The summed E-state index contributed by atoms with van der Waals surface area (Å²) in [5.41, 5.74) is -0.275. The van der Waals surface area contributed by atoms with Gasteiger partial charge < -0.3 is 15.3 Å². The Morgan fingerprint density at radius 2 is 1.64 bits per heavy atom. The molecular formula is C23H21ClF6N6O3. The maximum atomic E-state index is 13.1. The standard InChI is InChI=1S/C21H20ClF3N6O.C2HF3O2/c22-19-15(4-2-5-16(19)21(23,24)25)20(32)31-11-9-30(10-12-31)13-14-3-1-6-17(27-14)28-18-7-8-26-29-18;3-2(4,5)1(6)7/h1-8H,9-13H2,(H2,26,27,28,29);(H,6,7). The molecule has 0 spiro atoms. The molecule has 0 radical (unpaired) electrons. The predicted octanol–water partition coefficient (Wildman–Crippen LogP) is 4.81. The Kier molecular flexibility index (Phi) is 9.40. The van der Waals surface area contributed by atoms with Gasteiger partial charge in [0.2, 0.25) is 0 Å². The monoisotopic (exact) mass is 578 g/mol. The summed E-state index contributed by atoms with van der Waals surface area (Å²) in [4.78, 5) is 29.9. The van der Waals surface area contributed by atoms with E-state index in [1.807, 2.05) is 18.2 Å². The third-order valence-corrected chi connectivity index (χ3v) is 5.80. The van der Waals surface area contributed by atoms with Gasteiger partial charge in [0, 0.05) is 38.8 Å². The maximum Gasteiger partial charge on any atom is 0.490 e. The van der Waals surface area contributed by atoms with E-state index in [1.165, 1.54) is 17.0 Å². The number of hydrogen-bond donors (Lipinski definition) is 3. The minimum atomic E-state index is -5.08. The molecule has 1 fully saturated rings. The Bertz CT molecular complexity index is 1280. The largest absolute Gasteiger partial charge is 0.490 e. The lowest BCUT2D eigenvalue weighted by Crippen LogP contribution is -2.48. The molecule has 210 valence electrons. The number of nitrogens with zero attached hydrogens (tertiary/aromatic N) is 4. The van der Waals surface area contributed by atoms with Gasteiger partial charge in [-0.25, -0.2) is 9.78 Å². The third kappa shape index (κ3) is 8.32. The van der Waals surface area contributed by atoms with Gasteiger partial charge in [-0.15, -0.1) is 0 Å². The first-order valence-corrected chi connectivity index (χ1v) is 11.5. The van der Waals surface area contributed by atoms with Crippen molar-refractivity contribution < 1.29 is 41.0 Å². The van der Waals surface area contributed by atoms with E-state index in [0.29, 0.717) is 38.5 Å². The number of carbonyl (C=O) groups is 2. The van der Waals surface area contributed by atoms with Gasteiger partial charge in [-0.3, -0.25) is 14.8 Å². The number of carboxylic acid groups (broad SMARTS) is 1. The van der Waals surface area contributed by atoms with Gasteiger partial charge >= 0.3 is 18.3 Å². The lowest BCUT2D eigenvalue weighted by Gasteiger charge is -2.34. The highest BCUT2D eigenvalue weighted by Crippen LogP contribution is 2.36. The third-order valence-electron chi connectivity index (χ3n) is 5.39. The van der Waals surface area contributed by atoms with Crippen LogP contribution in [-0.2, 0) is 17.5 Å². The Morgan fingerprint density at radius 3 is 2.21 bits per heavy atom. The van der Waals surface area contributed by atoms with Crippen molar-refractivity contribution in [2.24, 2.45) is 0 Å². The normalized spacial score (nSPS) is 14.4. The Labute approximate surface area is 222 Å². The molecule has 0 saturated carbocycles. The Balaban J connectivity index is 0.000000532. The van der Waals surface area contributed by atoms with Crippen molar-refractivity contribution in [2.45, 2.75) is 18.9 Å². The van der Waals surface area contributed by atoms with Gasteiger partial charge in [-0.05, 0) is 24.3 Å². The molecule has 1 saturated heterocycles. The molecule has 1 aliphatic rings. The smallest absolute Gasteiger partial charge is 0.475 e. The summed E-state index contributed by atoms with van der Waals surface area (Å²) in [5.74, 6) is -1.84. The highest BCUT2D eigenvalue weighted by molar-refractivity contribution is 6.34. The minimum absolute atomic E-state index is 0.130. The van der Waals surface area contributed by atoms with Crippen molar-refractivity contribution in [3.8, 4) is 0 Å². The first-order chi connectivity index (χ1) is 18.3. The number of halogens is 7. The average molecular weight is 579 g/mol. The topological polar surface area (TPSA) is 114 Å². The number of benzene rings is 1. The van der Waals surface area contributed by atoms with E-state index in [2.05, 4.69) is 25.4 Å². The van der Waals surface area contributed by atoms with Crippen LogP contribution in [0.5, 0.6) is 0 Å². The van der Waals surface area contributed by atoms with Crippen molar-refractivity contribution in [2.75, 3.05) is 31.5 Å². The number of nitrogens with one attached hydrogen (secondary N) is 2. The van der Waals surface area contributed by atoms with E-state index in [1.54, 1.807) is 12.3 Å². The summed E-state index contributed by atoms with van der Waals surface area (Å²) >= 11 is 5.91. The molecular weight excluding hydrogens is 558 g/mol. The fourth-order valence-electron chi connectivity index (χ4n) is 3.53. The number of rotatable bonds is 5. The second-order valence-electron chi connectivity index (χ2n) is 8.15. The van der Waals surface area contributed by atoms with Crippen LogP contribution in [0.4, 0.5) is 38.0 Å². The van der Waals surface area contributed by atoms with Crippen molar-refractivity contribution in [3.63, 3.8) is 0 Å². The lowest BCUT2D eigenvalue weighted by atomic mass is 10.1. The number of carboxylic acids is 1. The van der Waals surface area contributed by atoms with Crippen LogP contribution >= 0.6 is 11.6 Å². The summed E-state index contributed by atoms with van der Waals surface area (Å²) in [6, 6.07) is 10.9. The number of aromatic nitrogens is 3. The van der Waals surface area contributed by atoms with Crippen LogP contribution in [-0.4, -0.2) is 74.3 Å². The fraction of sp³-hybridized carbons (Fsp3) is 0.304. The number of amides is 1. The summed E-state index contributed by atoms with van der Waals surface area (Å²) < 4.78 is 71.0.